The first kappa shape index (κ1) is 21.0. The number of fused-ring (bicyclic) bond motifs is 1. The average Bonchev–Trinajstić information content (AvgIpc) is 2.88. The van der Waals surface area contributed by atoms with E-state index >= 15 is 0 Å². The molecule has 0 aliphatic carbocycles. The molecule has 0 saturated carbocycles. The summed E-state index contributed by atoms with van der Waals surface area (Å²) in [6.45, 7) is -3.38. The molecule has 2 aromatic rings. The highest BCUT2D eigenvalue weighted by Crippen LogP contribution is 2.46. The third-order valence-electron chi connectivity index (χ3n) is 3.77. The number of ether oxygens (including phenoxy) is 2. The number of hydrogen-bond donors (Lipinski definition) is 1. The van der Waals surface area contributed by atoms with Gasteiger partial charge in [-0.25, -0.2) is 4.21 Å². The minimum atomic E-state index is -4.70. The van der Waals surface area contributed by atoms with Gasteiger partial charge in [0.15, 0.2) is 13.2 Å². The van der Waals surface area contributed by atoms with E-state index in [-0.39, 0.29) is 21.1 Å². The normalized spacial score (nSPS) is 16.7. The molecule has 29 heavy (non-hydrogen) atoms. The van der Waals surface area contributed by atoms with Crippen LogP contribution in [-0.4, -0.2) is 29.8 Å². The molecule has 1 heterocycles. The maximum atomic E-state index is 12.9. The molecule has 1 aliphatic heterocycles. The number of alkyl halides is 6. The predicted octanol–water partition coefficient (Wildman–Crippen LogP) is 4.47. The summed E-state index contributed by atoms with van der Waals surface area (Å²) in [7, 11) is -1.95. The fourth-order valence-electron chi connectivity index (χ4n) is 2.67. The fourth-order valence-corrected chi connectivity index (χ4v) is 4.17. The van der Waals surface area contributed by atoms with Gasteiger partial charge < -0.3 is 15.2 Å². The molecule has 2 N–H and O–H groups in total. The third kappa shape index (κ3) is 4.84. The molecule has 1 atom stereocenters. The van der Waals surface area contributed by atoms with Gasteiger partial charge in [0.05, 0.1) is 31.9 Å². The SMILES string of the molecule is NC1=C(c2ccccc2)S(=O)c2cc(OCC(F)(F)F)cc(OCC(F)(F)F)c21. The van der Waals surface area contributed by atoms with Gasteiger partial charge in [0.25, 0.3) is 0 Å². The highest BCUT2D eigenvalue weighted by atomic mass is 32.2. The maximum absolute atomic E-state index is 12.9. The second-order valence-electron chi connectivity index (χ2n) is 5.98. The third-order valence-corrected chi connectivity index (χ3v) is 5.32. The Morgan fingerprint density at radius 2 is 1.48 bits per heavy atom. The Balaban J connectivity index is 2.06. The van der Waals surface area contributed by atoms with Gasteiger partial charge in [-0.1, -0.05) is 30.3 Å². The molecule has 0 saturated heterocycles. The molecule has 156 valence electrons. The van der Waals surface area contributed by atoms with Crippen molar-refractivity contribution in [2.24, 2.45) is 5.73 Å². The Bertz CT molecular complexity index is 970. The number of benzene rings is 2. The Morgan fingerprint density at radius 1 is 0.897 bits per heavy atom. The summed E-state index contributed by atoms with van der Waals surface area (Å²) in [5, 5.41) is 0. The maximum Gasteiger partial charge on any atom is 0.422 e. The van der Waals surface area contributed by atoms with E-state index in [1.165, 1.54) is 0 Å². The molecule has 0 aromatic heterocycles. The van der Waals surface area contributed by atoms with Crippen molar-refractivity contribution in [1.82, 2.24) is 0 Å². The predicted molar refractivity (Wildman–Crippen MR) is 93.4 cm³/mol. The van der Waals surface area contributed by atoms with Crippen LogP contribution in [0, 0.1) is 0 Å². The van der Waals surface area contributed by atoms with Crippen LogP contribution in [0.4, 0.5) is 26.3 Å². The van der Waals surface area contributed by atoms with Gasteiger partial charge in [-0.05, 0) is 11.6 Å². The molecule has 2 aromatic carbocycles. The summed E-state index contributed by atoms with van der Waals surface area (Å²) in [5.41, 5.74) is 6.36. The summed E-state index contributed by atoms with van der Waals surface area (Å²) < 4.78 is 97.5. The molecule has 3 rings (SSSR count). The van der Waals surface area contributed by atoms with Gasteiger partial charge in [-0.15, -0.1) is 0 Å². The van der Waals surface area contributed by atoms with Crippen molar-refractivity contribution in [3.63, 3.8) is 0 Å². The molecule has 1 aliphatic rings. The monoisotopic (exact) mass is 437 g/mol. The summed E-state index contributed by atoms with van der Waals surface area (Å²) >= 11 is 0. The summed E-state index contributed by atoms with van der Waals surface area (Å²) in [6, 6.07) is 10.1. The van der Waals surface area contributed by atoms with Crippen LogP contribution in [0.1, 0.15) is 11.1 Å². The lowest BCUT2D eigenvalue weighted by Crippen LogP contribution is -2.21. The number of nitrogens with two attached hydrogens (primary N) is 1. The second-order valence-corrected chi connectivity index (χ2v) is 7.37. The highest BCUT2D eigenvalue weighted by Gasteiger charge is 2.35. The van der Waals surface area contributed by atoms with E-state index in [9.17, 15) is 30.6 Å². The molecule has 0 bridgehead atoms. The molecule has 11 heteroatoms. The van der Waals surface area contributed by atoms with Crippen molar-refractivity contribution in [3.8, 4) is 11.5 Å². The molecule has 4 nitrogen and oxygen atoms in total. The van der Waals surface area contributed by atoms with E-state index in [0.29, 0.717) is 5.56 Å². The van der Waals surface area contributed by atoms with E-state index in [1.807, 2.05) is 0 Å². The fraction of sp³-hybridized carbons (Fsp3) is 0.222. The molecule has 0 fully saturated rings. The van der Waals surface area contributed by atoms with E-state index in [0.717, 1.165) is 12.1 Å². The Hall–Kier alpha value is -2.69. The highest BCUT2D eigenvalue weighted by molar-refractivity contribution is 7.95. The van der Waals surface area contributed by atoms with Gasteiger partial charge >= 0.3 is 12.4 Å². The molecular weight excluding hydrogens is 424 g/mol. The summed E-state index contributed by atoms with van der Waals surface area (Å²) in [4.78, 5) is 0.0450. The molecular formula is C18H13F6NO3S. The van der Waals surface area contributed by atoms with Crippen LogP contribution < -0.4 is 15.2 Å². The molecule has 1 unspecified atom stereocenters. The zero-order chi connectivity index (χ0) is 21.4. The molecule has 0 amide bonds. The van der Waals surface area contributed by atoms with Crippen LogP contribution in [0.25, 0.3) is 10.6 Å². The van der Waals surface area contributed by atoms with Crippen molar-refractivity contribution < 1.29 is 40.0 Å². The quantitative estimate of drug-likeness (QED) is 0.701. The van der Waals surface area contributed by atoms with Gasteiger partial charge in [-0.2, -0.15) is 26.3 Å². The zero-order valence-electron chi connectivity index (χ0n) is 14.4. The lowest BCUT2D eigenvalue weighted by molar-refractivity contribution is -0.154. The lowest BCUT2D eigenvalue weighted by Gasteiger charge is -2.16. The van der Waals surface area contributed by atoms with Crippen molar-refractivity contribution in [2.45, 2.75) is 17.2 Å². The first-order valence-corrected chi connectivity index (χ1v) is 9.16. The number of rotatable bonds is 5. The molecule has 0 spiro atoms. The van der Waals surface area contributed by atoms with Gasteiger partial charge in [-0.3, -0.25) is 0 Å². The van der Waals surface area contributed by atoms with Gasteiger partial charge in [0.2, 0.25) is 0 Å². The van der Waals surface area contributed by atoms with Crippen LogP contribution >= 0.6 is 0 Å². The minimum absolute atomic E-state index is 0.0641. The summed E-state index contributed by atoms with van der Waals surface area (Å²) in [5.74, 6) is -0.900. The first-order chi connectivity index (χ1) is 13.5. The van der Waals surface area contributed by atoms with Crippen molar-refractivity contribution >= 4 is 21.4 Å². The van der Waals surface area contributed by atoms with E-state index in [1.54, 1.807) is 30.3 Å². The second kappa shape index (κ2) is 7.62. The Kier molecular flexibility index (Phi) is 5.52. The van der Waals surface area contributed by atoms with E-state index in [2.05, 4.69) is 4.74 Å². The smallest absolute Gasteiger partial charge is 0.422 e. The van der Waals surface area contributed by atoms with Crippen LogP contribution in [0.3, 0.4) is 0 Å². The number of halogens is 6. The largest absolute Gasteiger partial charge is 0.484 e. The lowest BCUT2D eigenvalue weighted by atomic mass is 10.1. The van der Waals surface area contributed by atoms with Gasteiger partial charge in [0, 0.05) is 6.07 Å². The van der Waals surface area contributed by atoms with Crippen LogP contribution in [0.2, 0.25) is 0 Å². The van der Waals surface area contributed by atoms with Crippen LogP contribution in [-0.2, 0) is 10.8 Å². The van der Waals surface area contributed by atoms with E-state index in [4.69, 9.17) is 10.5 Å². The number of hydrogen-bond acceptors (Lipinski definition) is 4. The summed E-state index contributed by atoms with van der Waals surface area (Å²) in [6.07, 6.45) is -9.37. The average molecular weight is 437 g/mol. The van der Waals surface area contributed by atoms with Crippen molar-refractivity contribution in [1.29, 1.82) is 0 Å². The first-order valence-electron chi connectivity index (χ1n) is 8.01. The van der Waals surface area contributed by atoms with Crippen molar-refractivity contribution in [3.05, 3.63) is 53.6 Å². The minimum Gasteiger partial charge on any atom is -0.484 e. The van der Waals surface area contributed by atoms with Crippen LogP contribution in [0.15, 0.2) is 47.4 Å². The zero-order valence-corrected chi connectivity index (χ0v) is 15.3. The topological polar surface area (TPSA) is 61.6 Å². The van der Waals surface area contributed by atoms with Crippen LogP contribution in [0.5, 0.6) is 11.5 Å². The standard InChI is InChI=1S/C18H13F6NO3S/c19-17(20,21)8-27-11-6-12(28-9-18(22,23)24)14-13(7-11)29(26)16(15(14)25)10-4-2-1-3-5-10/h1-7H,8-9,25H2. The van der Waals surface area contributed by atoms with E-state index < -0.39 is 47.9 Å². The van der Waals surface area contributed by atoms with Crippen molar-refractivity contribution in [2.75, 3.05) is 13.2 Å². The van der Waals surface area contributed by atoms with Gasteiger partial charge in [0.1, 0.15) is 11.5 Å². The molecule has 0 radical (unpaired) electrons. The Labute approximate surface area is 163 Å². The Morgan fingerprint density at radius 3 is 2.07 bits per heavy atom.